The van der Waals surface area contributed by atoms with Gasteiger partial charge in [0.1, 0.15) is 0 Å². The SMILES string of the molecule is CC1CC(C)CC(C(O)c2cc(Br)c3c(c2)OCO3)C1. The van der Waals surface area contributed by atoms with Gasteiger partial charge < -0.3 is 14.6 Å². The van der Waals surface area contributed by atoms with E-state index in [1.54, 1.807) is 0 Å². The molecule has 0 amide bonds. The van der Waals surface area contributed by atoms with Crippen LogP contribution in [0.4, 0.5) is 0 Å². The molecule has 3 nitrogen and oxygen atoms in total. The van der Waals surface area contributed by atoms with Crippen molar-refractivity contribution in [2.45, 2.75) is 39.2 Å². The van der Waals surface area contributed by atoms with Crippen LogP contribution in [0.5, 0.6) is 11.5 Å². The first-order valence-corrected chi connectivity index (χ1v) is 8.11. The molecule has 0 bridgehead atoms. The predicted octanol–water partition coefficient (Wildman–Crippen LogP) is 4.28. The zero-order chi connectivity index (χ0) is 14.3. The number of aliphatic hydroxyl groups is 1. The lowest BCUT2D eigenvalue weighted by atomic mass is 9.73. The average molecular weight is 341 g/mol. The van der Waals surface area contributed by atoms with Gasteiger partial charge in [0.05, 0.1) is 10.6 Å². The van der Waals surface area contributed by atoms with Crippen LogP contribution in [0.1, 0.15) is 44.8 Å². The number of rotatable bonds is 2. The Morgan fingerprint density at radius 3 is 2.55 bits per heavy atom. The molecular weight excluding hydrogens is 320 g/mol. The van der Waals surface area contributed by atoms with Gasteiger partial charge in [-0.05, 0) is 70.6 Å². The van der Waals surface area contributed by atoms with E-state index < -0.39 is 6.10 Å². The fourth-order valence-corrected chi connectivity index (χ4v) is 4.27. The Morgan fingerprint density at radius 2 is 1.85 bits per heavy atom. The molecule has 1 aromatic rings. The van der Waals surface area contributed by atoms with E-state index in [0.29, 0.717) is 17.8 Å². The van der Waals surface area contributed by atoms with Gasteiger partial charge >= 0.3 is 0 Å². The second kappa shape index (κ2) is 5.57. The first kappa shape index (κ1) is 14.2. The van der Waals surface area contributed by atoms with Crippen LogP contribution in [0.3, 0.4) is 0 Å². The third-order valence-corrected chi connectivity index (χ3v) is 5.04. The van der Waals surface area contributed by atoms with Gasteiger partial charge in [-0.25, -0.2) is 0 Å². The Morgan fingerprint density at radius 1 is 1.15 bits per heavy atom. The summed E-state index contributed by atoms with van der Waals surface area (Å²) in [6.07, 6.45) is 3.04. The van der Waals surface area contributed by atoms with Gasteiger partial charge in [-0.1, -0.05) is 13.8 Å². The van der Waals surface area contributed by atoms with E-state index in [1.165, 1.54) is 6.42 Å². The third-order valence-electron chi connectivity index (χ3n) is 4.45. The summed E-state index contributed by atoms with van der Waals surface area (Å²) in [5.74, 6) is 3.18. The highest BCUT2D eigenvalue weighted by Gasteiger charge is 2.31. The van der Waals surface area contributed by atoms with Crippen molar-refractivity contribution in [3.63, 3.8) is 0 Å². The van der Waals surface area contributed by atoms with Crippen molar-refractivity contribution < 1.29 is 14.6 Å². The van der Waals surface area contributed by atoms with Gasteiger partial charge in [-0.3, -0.25) is 0 Å². The summed E-state index contributed by atoms with van der Waals surface area (Å²) in [5.41, 5.74) is 0.924. The molecule has 1 heterocycles. The van der Waals surface area contributed by atoms with Crippen molar-refractivity contribution in [3.05, 3.63) is 22.2 Å². The third kappa shape index (κ3) is 2.68. The summed E-state index contributed by atoms with van der Waals surface area (Å²) in [6.45, 7) is 4.82. The van der Waals surface area contributed by atoms with E-state index in [4.69, 9.17) is 9.47 Å². The van der Waals surface area contributed by atoms with Crippen LogP contribution in [0, 0.1) is 17.8 Å². The lowest BCUT2D eigenvalue weighted by Crippen LogP contribution is -2.24. The smallest absolute Gasteiger partial charge is 0.231 e. The van der Waals surface area contributed by atoms with E-state index in [9.17, 15) is 5.11 Å². The molecule has 1 aromatic carbocycles. The molecule has 20 heavy (non-hydrogen) atoms. The van der Waals surface area contributed by atoms with E-state index in [1.807, 2.05) is 12.1 Å². The average Bonchev–Trinajstić information content (AvgIpc) is 2.85. The van der Waals surface area contributed by atoms with Crippen LogP contribution < -0.4 is 9.47 Å². The van der Waals surface area contributed by atoms with E-state index in [0.717, 1.165) is 34.4 Å². The molecule has 0 radical (unpaired) electrons. The van der Waals surface area contributed by atoms with Crippen molar-refractivity contribution in [2.24, 2.45) is 17.8 Å². The first-order valence-electron chi connectivity index (χ1n) is 7.31. The zero-order valence-electron chi connectivity index (χ0n) is 11.9. The predicted molar refractivity (Wildman–Crippen MR) is 80.9 cm³/mol. The number of hydrogen-bond acceptors (Lipinski definition) is 3. The number of halogens is 1. The maximum absolute atomic E-state index is 10.7. The summed E-state index contributed by atoms with van der Waals surface area (Å²) in [5, 5.41) is 10.7. The summed E-state index contributed by atoms with van der Waals surface area (Å²) >= 11 is 3.50. The van der Waals surface area contributed by atoms with Gasteiger partial charge in [-0.2, -0.15) is 0 Å². The number of benzene rings is 1. The highest BCUT2D eigenvalue weighted by atomic mass is 79.9. The van der Waals surface area contributed by atoms with Crippen LogP contribution >= 0.6 is 15.9 Å². The first-order chi connectivity index (χ1) is 9.54. The monoisotopic (exact) mass is 340 g/mol. The van der Waals surface area contributed by atoms with E-state index >= 15 is 0 Å². The normalized spacial score (nSPS) is 30.3. The number of aliphatic hydroxyl groups excluding tert-OH is 1. The molecule has 1 N–H and O–H groups in total. The molecule has 0 saturated heterocycles. The summed E-state index contributed by atoms with van der Waals surface area (Å²) in [6, 6.07) is 3.88. The van der Waals surface area contributed by atoms with Crippen molar-refractivity contribution in [3.8, 4) is 11.5 Å². The Labute approximate surface area is 128 Å². The van der Waals surface area contributed by atoms with Crippen LogP contribution in [0.25, 0.3) is 0 Å². The second-order valence-electron chi connectivity index (χ2n) is 6.36. The lowest BCUT2D eigenvalue weighted by molar-refractivity contribution is 0.0550. The van der Waals surface area contributed by atoms with Crippen LogP contribution in [0.15, 0.2) is 16.6 Å². The molecule has 0 aromatic heterocycles. The summed E-state index contributed by atoms with van der Waals surface area (Å²) in [7, 11) is 0. The summed E-state index contributed by atoms with van der Waals surface area (Å²) < 4.78 is 11.7. The fraction of sp³-hybridized carbons (Fsp3) is 0.625. The fourth-order valence-electron chi connectivity index (χ4n) is 3.70. The molecule has 3 atom stereocenters. The lowest BCUT2D eigenvalue weighted by Gasteiger charge is -2.34. The van der Waals surface area contributed by atoms with Crippen molar-refractivity contribution >= 4 is 15.9 Å². The van der Waals surface area contributed by atoms with Gasteiger partial charge in [0.15, 0.2) is 11.5 Å². The highest BCUT2D eigenvalue weighted by Crippen LogP contribution is 2.45. The molecule has 4 heteroatoms. The highest BCUT2D eigenvalue weighted by molar-refractivity contribution is 9.10. The molecule has 2 aliphatic rings. The van der Waals surface area contributed by atoms with Crippen LogP contribution in [-0.4, -0.2) is 11.9 Å². The number of hydrogen-bond donors (Lipinski definition) is 1. The largest absolute Gasteiger partial charge is 0.454 e. The van der Waals surface area contributed by atoms with Gasteiger partial charge in [0.2, 0.25) is 6.79 Å². The molecule has 1 saturated carbocycles. The molecule has 1 fully saturated rings. The number of fused-ring (bicyclic) bond motifs is 1. The number of ether oxygens (including phenoxy) is 2. The van der Waals surface area contributed by atoms with Crippen LogP contribution in [0.2, 0.25) is 0 Å². The zero-order valence-corrected chi connectivity index (χ0v) is 13.5. The van der Waals surface area contributed by atoms with Gasteiger partial charge in [0, 0.05) is 0 Å². The summed E-state index contributed by atoms with van der Waals surface area (Å²) in [4.78, 5) is 0. The molecule has 1 aliphatic carbocycles. The minimum absolute atomic E-state index is 0.255. The topological polar surface area (TPSA) is 38.7 Å². The Balaban J connectivity index is 1.83. The van der Waals surface area contributed by atoms with Crippen molar-refractivity contribution in [2.75, 3.05) is 6.79 Å². The van der Waals surface area contributed by atoms with E-state index in [-0.39, 0.29) is 6.79 Å². The standard InChI is InChI=1S/C16H21BrO3/c1-9-3-10(2)5-11(4-9)15(18)12-6-13(17)16-14(7-12)19-8-20-16/h6-7,9-11,15,18H,3-5,8H2,1-2H3. The van der Waals surface area contributed by atoms with Crippen LogP contribution in [-0.2, 0) is 0 Å². The van der Waals surface area contributed by atoms with Gasteiger partial charge in [0.25, 0.3) is 0 Å². The Hall–Kier alpha value is -0.740. The quantitative estimate of drug-likeness (QED) is 0.872. The van der Waals surface area contributed by atoms with Crippen molar-refractivity contribution in [1.29, 1.82) is 0 Å². The molecule has 3 rings (SSSR count). The van der Waals surface area contributed by atoms with Gasteiger partial charge in [-0.15, -0.1) is 0 Å². The maximum atomic E-state index is 10.7. The second-order valence-corrected chi connectivity index (χ2v) is 7.21. The molecule has 1 aliphatic heterocycles. The van der Waals surface area contributed by atoms with Crippen molar-refractivity contribution in [1.82, 2.24) is 0 Å². The van der Waals surface area contributed by atoms with E-state index in [2.05, 4.69) is 29.8 Å². The molecular formula is C16H21BrO3. The maximum Gasteiger partial charge on any atom is 0.231 e. The minimum Gasteiger partial charge on any atom is -0.454 e. The Kier molecular flexibility index (Phi) is 3.95. The Bertz CT molecular complexity index is 493. The molecule has 0 spiro atoms. The molecule has 3 unspecified atom stereocenters. The minimum atomic E-state index is -0.425. The molecule has 110 valence electrons.